The van der Waals surface area contributed by atoms with Crippen molar-refractivity contribution in [2.45, 2.75) is 39.2 Å². The number of hydrogen-bond donors (Lipinski definition) is 1. The van der Waals surface area contributed by atoms with Crippen LogP contribution in [-0.2, 0) is 9.59 Å². The van der Waals surface area contributed by atoms with Gasteiger partial charge in [0, 0.05) is 23.0 Å². The number of halogens is 1. The first-order valence-corrected chi connectivity index (χ1v) is 12.6. The number of ketones is 1. The molecule has 1 unspecified atom stereocenters. The molecule has 1 amide bonds. The first-order chi connectivity index (χ1) is 16.2. The van der Waals surface area contributed by atoms with Crippen molar-refractivity contribution in [3.05, 3.63) is 69.2 Å². The normalized spacial score (nSPS) is 17.6. The Morgan fingerprint density at radius 1 is 1.12 bits per heavy atom. The number of quaternary nitrogens is 1. The molecule has 1 saturated heterocycles. The zero-order valence-electron chi connectivity index (χ0n) is 20.3. The second-order valence-corrected chi connectivity index (χ2v) is 9.93. The van der Waals surface area contributed by atoms with Crippen LogP contribution in [-0.4, -0.2) is 50.4 Å². The Kier molecular flexibility index (Phi) is 8.91. The molecule has 0 radical (unpaired) electrons. The molecule has 6 nitrogen and oxygen atoms in total. The van der Waals surface area contributed by atoms with Crippen molar-refractivity contribution in [2.24, 2.45) is 0 Å². The average Bonchev–Trinajstić information content (AvgIpc) is 3.05. The maximum absolute atomic E-state index is 13.6. The molecule has 1 aliphatic rings. The number of nitrogens with zero attached hydrogens (tertiary/aromatic N) is 1. The molecule has 1 N–H and O–H groups in total. The van der Waals surface area contributed by atoms with Gasteiger partial charge in [-0.15, -0.1) is 0 Å². The number of benzene rings is 2. The minimum absolute atomic E-state index is 0.0172. The molecular formula is C27H33BrN2O4. The van der Waals surface area contributed by atoms with Gasteiger partial charge in [-0.05, 0) is 54.3 Å². The van der Waals surface area contributed by atoms with Crippen LogP contribution in [0.3, 0.4) is 0 Å². The van der Waals surface area contributed by atoms with Gasteiger partial charge in [-0.3, -0.25) is 9.59 Å². The van der Waals surface area contributed by atoms with Crippen LogP contribution < -0.4 is 14.7 Å². The predicted molar refractivity (Wildman–Crippen MR) is 134 cm³/mol. The molecule has 0 spiro atoms. The minimum Gasteiger partial charge on any atom is -0.872 e. The molecule has 1 heterocycles. The average molecular weight is 529 g/mol. The third-order valence-corrected chi connectivity index (χ3v) is 6.51. The van der Waals surface area contributed by atoms with Crippen molar-refractivity contribution in [3.63, 3.8) is 0 Å². The summed E-state index contributed by atoms with van der Waals surface area (Å²) in [7, 11) is 4.09. The summed E-state index contributed by atoms with van der Waals surface area (Å²) >= 11 is 3.43. The Hall–Kier alpha value is -2.64. The highest BCUT2D eigenvalue weighted by molar-refractivity contribution is 9.10. The van der Waals surface area contributed by atoms with E-state index in [-0.39, 0.29) is 5.57 Å². The molecule has 2 aromatic carbocycles. The number of ether oxygens (including phenoxy) is 1. The number of amides is 1. The SMILES string of the molecule is CCCCOc1ccc(C([O-])=C2C(=O)C(=O)N(CCC[NH+](C)C)C2c2ccc(Br)cc2)cc1C. The largest absolute Gasteiger partial charge is 0.872 e. The molecule has 0 saturated carbocycles. The van der Waals surface area contributed by atoms with Crippen LogP contribution in [0.25, 0.3) is 5.76 Å². The lowest BCUT2D eigenvalue weighted by Gasteiger charge is -2.28. The van der Waals surface area contributed by atoms with Crippen LogP contribution in [0.4, 0.5) is 0 Å². The summed E-state index contributed by atoms with van der Waals surface area (Å²) in [6.07, 6.45) is 2.72. The van der Waals surface area contributed by atoms with Gasteiger partial charge in [0.25, 0.3) is 5.91 Å². The van der Waals surface area contributed by atoms with Crippen LogP contribution in [0, 0.1) is 6.92 Å². The monoisotopic (exact) mass is 528 g/mol. The Morgan fingerprint density at radius 2 is 1.82 bits per heavy atom. The van der Waals surface area contributed by atoms with E-state index in [0.717, 1.165) is 47.2 Å². The Morgan fingerprint density at radius 3 is 2.44 bits per heavy atom. The zero-order valence-corrected chi connectivity index (χ0v) is 21.9. The first-order valence-electron chi connectivity index (χ1n) is 11.8. The minimum atomic E-state index is -0.712. The number of unbranched alkanes of at least 4 members (excludes halogenated alkanes) is 1. The quantitative estimate of drug-likeness (QED) is 0.222. The summed E-state index contributed by atoms with van der Waals surface area (Å²) in [4.78, 5) is 28.9. The van der Waals surface area contributed by atoms with E-state index in [2.05, 4.69) is 22.9 Å². The molecule has 182 valence electrons. The fourth-order valence-corrected chi connectivity index (χ4v) is 4.39. The maximum Gasteiger partial charge on any atom is 0.295 e. The first kappa shape index (κ1) is 26.0. The molecule has 0 bridgehead atoms. The molecule has 0 aromatic heterocycles. The second kappa shape index (κ2) is 11.7. The van der Waals surface area contributed by atoms with Crippen LogP contribution in [0.1, 0.15) is 48.9 Å². The summed E-state index contributed by atoms with van der Waals surface area (Å²) in [6, 6.07) is 11.9. The summed E-state index contributed by atoms with van der Waals surface area (Å²) in [5.41, 5.74) is 1.98. The van der Waals surface area contributed by atoms with E-state index in [1.165, 1.54) is 4.90 Å². The third kappa shape index (κ3) is 5.88. The predicted octanol–water partition coefficient (Wildman–Crippen LogP) is 2.70. The van der Waals surface area contributed by atoms with Crippen molar-refractivity contribution in [1.29, 1.82) is 0 Å². The molecule has 34 heavy (non-hydrogen) atoms. The number of likely N-dealkylation sites (tertiary alicyclic amines) is 1. The molecule has 1 fully saturated rings. The van der Waals surface area contributed by atoms with E-state index in [1.807, 2.05) is 45.3 Å². The van der Waals surface area contributed by atoms with E-state index in [9.17, 15) is 14.7 Å². The number of hydrogen-bond acceptors (Lipinski definition) is 4. The van der Waals surface area contributed by atoms with E-state index >= 15 is 0 Å². The van der Waals surface area contributed by atoms with Gasteiger partial charge in [-0.25, -0.2) is 0 Å². The van der Waals surface area contributed by atoms with Crippen LogP contribution in [0.15, 0.2) is 52.5 Å². The van der Waals surface area contributed by atoms with Gasteiger partial charge < -0.3 is 19.6 Å². The second-order valence-electron chi connectivity index (χ2n) is 9.02. The number of carbonyl (C=O) groups is 2. The van der Waals surface area contributed by atoms with Crippen LogP contribution >= 0.6 is 15.9 Å². The van der Waals surface area contributed by atoms with Crippen LogP contribution in [0.5, 0.6) is 5.75 Å². The van der Waals surface area contributed by atoms with Crippen molar-refractivity contribution in [2.75, 3.05) is 33.8 Å². The summed E-state index contributed by atoms with van der Waals surface area (Å²) in [6.45, 7) is 5.86. The van der Waals surface area contributed by atoms with E-state index in [4.69, 9.17) is 4.74 Å². The van der Waals surface area contributed by atoms with Crippen LogP contribution in [0.2, 0.25) is 0 Å². The van der Waals surface area contributed by atoms with Gasteiger partial charge in [0.15, 0.2) is 0 Å². The standard InChI is InChI=1S/C27H33BrN2O4/c1-5-6-16-34-22-13-10-20(17-18(22)2)25(31)23-24(19-8-11-21(28)12-9-19)30(27(33)26(23)32)15-7-14-29(3)4/h8-13,17,24,31H,5-7,14-16H2,1-4H3. The summed E-state index contributed by atoms with van der Waals surface area (Å²) in [5.74, 6) is -1.01. The van der Waals surface area contributed by atoms with Crippen molar-refractivity contribution >= 4 is 33.4 Å². The smallest absolute Gasteiger partial charge is 0.295 e. The molecule has 7 heteroatoms. The van der Waals surface area contributed by atoms with E-state index < -0.39 is 23.5 Å². The Balaban J connectivity index is 2.02. The summed E-state index contributed by atoms with van der Waals surface area (Å²) in [5, 5.41) is 13.6. The van der Waals surface area contributed by atoms with Gasteiger partial charge in [-0.1, -0.05) is 53.2 Å². The lowest BCUT2D eigenvalue weighted by molar-refractivity contribution is -0.858. The summed E-state index contributed by atoms with van der Waals surface area (Å²) < 4.78 is 6.69. The molecular weight excluding hydrogens is 496 g/mol. The van der Waals surface area contributed by atoms with Gasteiger partial charge >= 0.3 is 0 Å². The number of nitrogens with one attached hydrogen (secondary N) is 1. The lowest BCUT2D eigenvalue weighted by atomic mass is 9.94. The number of Topliss-reactive ketones (excluding diaryl/α,β-unsaturated/α-hetero) is 1. The fraction of sp³-hybridized carbons (Fsp3) is 0.407. The van der Waals surface area contributed by atoms with Crippen molar-refractivity contribution < 1.29 is 24.3 Å². The zero-order chi connectivity index (χ0) is 24.8. The van der Waals surface area contributed by atoms with Crippen molar-refractivity contribution in [1.82, 2.24) is 4.90 Å². The number of aryl methyl sites for hydroxylation is 1. The molecule has 1 atom stereocenters. The van der Waals surface area contributed by atoms with E-state index in [1.54, 1.807) is 23.1 Å². The van der Waals surface area contributed by atoms with Gasteiger partial charge in [0.2, 0.25) is 5.78 Å². The topological polar surface area (TPSA) is 74.1 Å². The Labute approximate surface area is 210 Å². The lowest BCUT2D eigenvalue weighted by Crippen LogP contribution is -3.05. The number of rotatable bonds is 10. The fourth-order valence-electron chi connectivity index (χ4n) is 4.13. The van der Waals surface area contributed by atoms with E-state index in [0.29, 0.717) is 18.7 Å². The van der Waals surface area contributed by atoms with Crippen molar-refractivity contribution in [3.8, 4) is 5.75 Å². The highest BCUT2D eigenvalue weighted by atomic mass is 79.9. The molecule has 0 aliphatic carbocycles. The van der Waals surface area contributed by atoms with Gasteiger partial charge in [0.05, 0.1) is 33.3 Å². The highest BCUT2D eigenvalue weighted by Gasteiger charge is 2.43. The van der Waals surface area contributed by atoms with Gasteiger partial charge in [0.1, 0.15) is 5.75 Å². The number of carbonyl (C=O) groups excluding carboxylic acids is 2. The van der Waals surface area contributed by atoms with Gasteiger partial charge in [-0.2, -0.15) is 0 Å². The molecule has 2 aromatic rings. The maximum atomic E-state index is 13.6. The Bertz CT molecular complexity index is 1060. The highest BCUT2D eigenvalue weighted by Crippen LogP contribution is 2.39. The third-order valence-electron chi connectivity index (χ3n) is 5.98. The molecule has 1 aliphatic heterocycles. The molecule has 3 rings (SSSR count).